The van der Waals surface area contributed by atoms with Crippen molar-refractivity contribution in [2.45, 2.75) is 46.6 Å². The first-order chi connectivity index (χ1) is 10.6. The van der Waals surface area contributed by atoms with Gasteiger partial charge in [-0.3, -0.25) is 9.78 Å². The van der Waals surface area contributed by atoms with Crippen LogP contribution >= 0.6 is 0 Å². The summed E-state index contributed by atoms with van der Waals surface area (Å²) in [6.07, 6.45) is 3.46. The molecule has 0 saturated heterocycles. The van der Waals surface area contributed by atoms with E-state index in [0.717, 1.165) is 0 Å². The zero-order chi connectivity index (χ0) is 17.6. The molecular formula is C18H25NO4. The zero-order valence-electron chi connectivity index (χ0n) is 14.4. The Bertz CT molecular complexity index is 570. The molecule has 0 aliphatic rings. The van der Waals surface area contributed by atoms with Gasteiger partial charge in [-0.25, -0.2) is 4.79 Å². The highest BCUT2D eigenvalue weighted by Gasteiger charge is 2.31. The van der Waals surface area contributed by atoms with Crippen molar-refractivity contribution in [3.8, 4) is 0 Å². The number of carboxylic acids is 1. The van der Waals surface area contributed by atoms with Gasteiger partial charge in [-0.15, -0.1) is 0 Å². The molecule has 0 fully saturated rings. The summed E-state index contributed by atoms with van der Waals surface area (Å²) in [5.74, 6) is -2.44. The molecule has 126 valence electrons. The van der Waals surface area contributed by atoms with Crippen molar-refractivity contribution in [1.82, 2.24) is 4.98 Å². The fourth-order valence-corrected chi connectivity index (χ4v) is 2.09. The van der Waals surface area contributed by atoms with Crippen LogP contribution in [0.5, 0.6) is 0 Å². The Balaban J connectivity index is 3.26. The Morgan fingerprint density at radius 3 is 2.39 bits per heavy atom. The van der Waals surface area contributed by atoms with Crippen molar-refractivity contribution >= 4 is 18.0 Å². The summed E-state index contributed by atoms with van der Waals surface area (Å²) in [5.41, 5.74) is -0.0375. The lowest BCUT2D eigenvalue weighted by Crippen LogP contribution is -2.30. The van der Waals surface area contributed by atoms with Gasteiger partial charge in [0.05, 0.1) is 17.2 Å². The van der Waals surface area contributed by atoms with Crippen LogP contribution in [-0.2, 0) is 14.3 Å². The van der Waals surface area contributed by atoms with E-state index in [-0.39, 0.29) is 11.5 Å². The van der Waals surface area contributed by atoms with Gasteiger partial charge in [-0.2, -0.15) is 0 Å². The molecule has 0 unspecified atom stereocenters. The molecule has 23 heavy (non-hydrogen) atoms. The summed E-state index contributed by atoms with van der Waals surface area (Å²) in [7, 11) is 0. The van der Waals surface area contributed by atoms with E-state index in [2.05, 4.69) is 4.98 Å². The number of hydrogen-bond acceptors (Lipinski definition) is 4. The van der Waals surface area contributed by atoms with Crippen LogP contribution in [0.1, 0.15) is 46.7 Å². The minimum Gasteiger partial charge on any atom is -0.481 e. The molecule has 0 spiro atoms. The van der Waals surface area contributed by atoms with Crippen LogP contribution in [-0.4, -0.2) is 27.6 Å². The van der Waals surface area contributed by atoms with Gasteiger partial charge in [0.2, 0.25) is 0 Å². The summed E-state index contributed by atoms with van der Waals surface area (Å²) in [6, 6.07) is 5.26. The highest BCUT2D eigenvalue weighted by Crippen LogP contribution is 2.25. The minimum atomic E-state index is -1.04. The fraction of sp³-hybridized carbons (Fsp3) is 0.500. The normalized spacial score (nSPS) is 13.7. The Morgan fingerprint density at radius 2 is 1.96 bits per heavy atom. The molecule has 0 saturated carbocycles. The third kappa shape index (κ3) is 6.63. The van der Waals surface area contributed by atoms with E-state index < -0.39 is 23.5 Å². The number of esters is 1. The molecule has 1 aromatic heterocycles. The van der Waals surface area contributed by atoms with Gasteiger partial charge in [-0.05, 0) is 51.3 Å². The first-order valence-electron chi connectivity index (χ1n) is 7.69. The number of aliphatic carboxylic acids is 1. The molecule has 5 heteroatoms. The van der Waals surface area contributed by atoms with E-state index in [1.807, 2.05) is 13.8 Å². The van der Waals surface area contributed by atoms with Crippen LogP contribution in [0, 0.1) is 11.8 Å². The highest BCUT2D eigenvalue weighted by atomic mass is 16.6. The first-order valence-corrected chi connectivity index (χ1v) is 7.69. The van der Waals surface area contributed by atoms with Crippen molar-refractivity contribution in [1.29, 1.82) is 0 Å². The molecule has 0 aliphatic carbocycles. The summed E-state index contributed by atoms with van der Waals surface area (Å²) >= 11 is 0. The topological polar surface area (TPSA) is 76.5 Å². The van der Waals surface area contributed by atoms with Gasteiger partial charge in [0, 0.05) is 6.20 Å². The predicted octanol–water partition coefficient (Wildman–Crippen LogP) is 3.55. The molecule has 0 aliphatic heterocycles. The molecule has 0 bridgehead atoms. The maximum Gasteiger partial charge on any atom is 0.335 e. The lowest BCUT2D eigenvalue weighted by atomic mass is 9.89. The van der Waals surface area contributed by atoms with Crippen molar-refractivity contribution in [2.75, 3.05) is 0 Å². The molecule has 1 heterocycles. The molecule has 0 amide bonds. The lowest BCUT2D eigenvalue weighted by molar-refractivity contribution is -0.153. The summed E-state index contributed by atoms with van der Waals surface area (Å²) in [4.78, 5) is 28.3. The largest absolute Gasteiger partial charge is 0.481 e. The Morgan fingerprint density at radius 1 is 1.30 bits per heavy atom. The van der Waals surface area contributed by atoms with Gasteiger partial charge < -0.3 is 9.84 Å². The third-order valence-corrected chi connectivity index (χ3v) is 3.01. The molecule has 5 nitrogen and oxygen atoms in total. The van der Waals surface area contributed by atoms with E-state index in [0.29, 0.717) is 12.1 Å². The third-order valence-electron chi connectivity index (χ3n) is 3.01. The number of rotatable bonds is 6. The van der Waals surface area contributed by atoms with Gasteiger partial charge in [0.1, 0.15) is 5.60 Å². The smallest absolute Gasteiger partial charge is 0.335 e. The van der Waals surface area contributed by atoms with Crippen LogP contribution in [0.15, 0.2) is 30.0 Å². The second kappa shape index (κ2) is 7.90. The average molecular weight is 319 g/mol. The maximum absolute atomic E-state index is 12.5. The van der Waals surface area contributed by atoms with Crippen LogP contribution in [0.2, 0.25) is 0 Å². The number of carbonyl (C=O) groups is 2. The van der Waals surface area contributed by atoms with E-state index in [9.17, 15) is 14.7 Å². The van der Waals surface area contributed by atoms with E-state index >= 15 is 0 Å². The standard InChI is InChI=1S/C18H25NO4/c1-12(2)10-14(16(20)21)15(17(22)23-18(3,4)5)11-13-8-6-7-9-19-13/h6-9,11-12,14H,10H2,1-5H3,(H,20,21)/t14-/m1/s1. The van der Waals surface area contributed by atoms with Gasteiger partial charge in [0.25, 0.3) is 0 Å². The Hall–Kier alpha value is -2.17. The molecule has 1 aromatic rings. The molecular weight excluding hydrogens is 294 g/mol. The summed E-state index contributed by atoms with van der Waals surface area (Å²) in [6.45, 7) is 9.09. The van der Waals surface area contributed by atoms with Crippen LogP contribution in [0.3, 0.4) is 0 Å². The molecule has 0 radical (unpaired) electrons. The quantitative estimate of drug-likeness (QED) is 0.641. The van der Waals surface area contributed by atoms with Crippen molar-refractivity contribution in [2.24, 2.45) is 11.8 Å². The molecule has 1 rings (SSSR count). The van der Waals surface area contributed by atoms with Crippen molar-refractivity contribution in [3.05, 3.63) is 35.7 Å². The predicted molar refractivity (Wildman–Crippen MR) is 88.6 cm³/mol. The Kier molecular flexibility index (Phi) is 6.49. The number of carboxylic acid groups (broad SMARTS) is 1. The SMILES string of the molecule is CC(C)C[C@@H](C(=O)O)C(=Cc1ccccn1)C(=O)OC(C)(C)C. The highest BCUT2D eigenvalue weighted by molar-refractivity contribution is 5.99. The van der Waals surface area contributed by atoms with Crippen LogP contribution < -0.4 is 0 Å². The number of pyridine rings is 1. The van der Waals surface area contributed by atoms with E-state index in [1.165, 1.54) is 6.08 Å². The number of carbonyl (C=O) groups excluding carboxylic acids is 1. The van der Waals surface area contributed by atoms with Crippen LogP contribution in [0.4, 0.5) is 0 Å². The second-order valence-corrected chi connectivity index (χ2v) is 6.88. The van der Waals surface area contributed by atoms with E-state index in [1.54, 1.807) is 45.2 Å². The first kappa shape index (κ1) is 18.9. The lowest BCUT2D eigenvalue weighted by Gasteiger charge is -2.23. The fourth-order valence-electron chi connectivity index (χ4n) is 2.09. The summed E-state index contributed by atoms with van der Waals surface area (Å²) < 4.78 is 5.39. The van der Waals surface area contributed by atoms with Crippen LogP contribution in [0.25, 0.3) is 6.08 Å². The molecule has 0 aromatic carbocycles. The molecule has 1 N–H and O–H groups in total. The Labute approximate surface area is 137 Å². The minimum absolute atomic E-state index is 0.125. The summed E-state index contributed by atoms with van der Waals surface area (Å²) in [5, 5.41) is 9.55. The zero-order valence-corrected chi connectivity index (χ0v) is 14.4. The van der Waals surface area contributed by atoms with Gasteiger partial charge >= 0.3 is 11.9 Å². The monoisotopic (exact) mass is 319 g/mol. The van der Waals surface area contributed by atoms with Gasteiger partial charge in [-0.1, -0.05) is 19.9 Å². The van der Waals surface area contributed by atoms with Gasteiger partial charge in [0.15, 0.2) is 0 Å². The van der Waals surface area contributed by atoms with Crippen molar-refractivity contribution < 1.29 is 19.4 Å². The number of hydrogen-bond donors (Lipinski definition) is 1. The number of aromatic nitrogens is 1. The van der Waals surface area contributed by atoms with Crippen molar-refractivity contribution in [3.63, 3.8) is 0 Å². The second-order valence-electron chi connectivity index (χ2n) is 6.88. The average Bonchev–Trinajstić information content (AvgIpc) is 2.41. The molecule has 1 atom stereocenters. The number of ether oxygens (including phenoxy) is 1. The van der Waals surface area contributed by atoms with E-state index in [4.69, 9.17) is 4.74 Å². The number of nitrogens with zero attached hydrogens (tertiary/aromatic N) is 1. The maximum atomic E-state index is 12.5.